The molecule has 1 heterocycles. The molecule has 0 atom stereocenters. The van der Waals surface area contributed by atoms with Crippen molar-refractivity contribution in [2.24, 2.45) is 0 Å². The van der Waals surface area contributed by atoms with Crippen LogP contribution in [0.5, 0.6) is 11.5 Å². The van der Waals surface area contributed by atoms with Crippen LogP contribution in [-0.4, -0.2) is 45.8 Å². The van der Waals surface area contributed by atoms with Crippen LogP contribution >= 0.6 is 0 Å². The molecule has 0 amide bonds. The molecule has 0 unspecified atom stereocenters. The smallest absolute Gasteiger partial charge is 0.209 e. The van der Waals surface area contributed by atoms with Gasteiger partial charge in [-0.3, -0.25) is 4.90 Å². The van der Waals surface area contributed by atoms with Crippen LogP contribution in [0.2, 0.25) is 0 Å². The topological polar surface area (TPSA) is 67.9 Å². The van der Waals surface area contributed by atoms with Gasteiger partial charge in [-0.1, -0.05) is 48.5 Å². The fourth-order valence-electron chi connectivity index (χ4n) is 4.35. The lowest BCUT2D eigenvalue weighted by molar-refractivity contribution is 0.235. The second kappa shape index (κ2) is 12.4. The maximum absolute atomic E-state index is 11.4. The molecule has 1 N–H and O–H groups in total. The molecular weight excluding hydrogens is 472 g/mol. The van der Waals surface area contributed by atoms with Crippen molar-refractivity contribution >= 4 is 10.0 Å². The molecule has 3 aromatic carbocycles. The quantitative estimate of drug-likeness (QED) is 0.391. The maximum Gasteiger partial charge on any atom is 0.209 e. The first-order chi connectivity index (χ1) is 17.4. The van der Waals surface area contributed by atoms with Gasteiger partial charge < -0.3 is 9.47 Å². The average Bonchev–Trinajstić information content (AvgIpc) is 3.37. The highest BCUT2D eigenvalue weighted by Crippen LogP contribution is 2.28. The third-order valence-electron chi connectivity index (χ3n) is 6.38. The van der Waals surface area contributed by atoms with Crippen molar-refractivity contribution in [1.29, 1.82) is 0 Å². The molecule has 6 nitrogen and oxygen atoms in total. The van der Waals surface area contributed by atoms with Crippen LogP contribution in [0.25, 0.3) is 0 Å². The number of nitrogens with zero attached hydrogens (tertiary/aromatic N) is 1. The molecule has 1 radical (unpaired) electrons. The lowest BCUT2D eigenvalue weighted by Gasteiger charge is -2.18. The van der Waals surface area contributed by atoms with E-state index in [1.807, 2.05) is 61.5 Å². The Labute approximate surface area is 215 Å². The predicted octanol–water partition coefficient (Wildman–Crippen LogP) is 4.49. The number of aryl methyl sites for hydroxylation is 1. The van der Waals surface area contributed by atoms with Crippen LogP contribution in [0.1, 0.15) is 40.7 Å². The largest absolute Gasteiger partial charge is 0.492 e. The van der Waals surface area contributed by atoms with Gasteiger partial charge in [-0.15, -0.1) is 0 Å². The van der Waals surface area contributed by atoms with Crippen molar-refractivity contribution < 1.29 is 17.9 Å². The molecule has 0 aliphatic carbocycles. The number of hydrogen-bond donors (Lipinski definition) is 1. The zero-order chi connectivity index (χ0) is 25.4. The van der Waals surface area contributed by atoms with Gasteiger partial charge in [0.1, 0.15) is 24.7 Å². The summed E-state index contributed by atoms with van der Waals surface area (Å²) >= 11 is 0. The van der Waals surface area contributed by atoms with Crippen LogP contribution in [0.15, 0.2) is 60.7 Å². The standard InChI is InChI=1S/C29H35N2O4S/c1-23-18-25(10-11-27(23)21-30-36(2,32)33)19-26-12-13-28(35-22-24-8-4-3-5-9-24)20-29(26)34-17-16-31-14-6-7-15-31/h3-5,8-11,13,18,20,30H,6-7,14-17,19,21-22H2,1-2H3. The molecule has 1 aliphatic heterocycles. The summed E-state index contributed by atoms with van der Waals surface area (Å²) in [6.45, 7) is 6.60. The molecule has 7 heteroatoms. The predicted molar refractivity (Wildman–Crippen MR) is 143 cm³/mol. The van der Waals surface area contributed by atoms with E-state index in [0.29, 0.717) is 19.6 Å². The van der Waals surface area contributed by atoms with E-state index >= 15 is 0 Å². The second-order valence-corrected chi connectivity index (χ2v) is 11.2. The Hall–Kier alpha value is -2.87. The van der Waals surface area contributed by atoms with E-state index in [9.17, 15) is 8.42 Å². The zero-order valence-electron chi connectivity index (χ0n) is 21.1. The van der Waals surface area contributed by atoms with Crippen LogP contribution in [-0.2, 0) is 29.6 Å². The Kier molecular flexibility index (Phi) is 9.02. The lowest BCUT2D eigenvalue weighted by Crippen LogP contribution is -2.25. The average molecular weight is 508 g/mol. The molecule has 191 valence electrons. The number of hydrogen-bond acceptors (Lipinski definition) is 5. The van der Waals surface area contributed by atoms with Gasteiger partial charge in [0.05, 0.1) is 6.26 Å². The van der Waals surface area contributed by atoms with E-state index in [2.05, 4.69) is 21.8 Å². The van der Waals surface area contributed by atoms with Crippen molar-refractivity contribution in [3.8, 4) is 11.5 Å². The summed E-state index contributed by atoms with van der Waals surface area (Å²) in [6, 6.07) is 23.4. The molecule has 0 saturated carbocycles. The first-order valence-corrected chi connectivity index (χ1v) is 14.3. The van der Waals surface area contributed by atoms with Gasteiger partial charge in [0.25, 0.3) is 0 Å². The monoisotopic (exact) mass is 507 g/mol. The normalized spacial score (nSPS) is 14.2. The van der Waals surface area contributed by atoms with Gasteiger partial charge in [-0.2, -0.15) is 0 Å². The molecule has 1 aliphatic rings. The van der Waals surface area contributed by atoms with E-state index in [1.165, 1.54) is 19.1 Å². The third kappa shape index (κ3) is 8.08. The minimum atomic E-state index is -3.23. The molecule has 4 rings (SSSR count). The minimum absolute atomic E-state index is 0.287. The highest BCUT2D eigenvalue weighted by molar-refractivity contribution is 7.88. The summed E-state index contributed by atoms with van der Waals surface area (Å²) < 4.78 is 37.7. The molecule has 0 spiro atoms. The molecule has 36 heavy (non-hydrogen) atoms. The van der Waals surface area contributed by atoms with Gasteiger partial charge in [0.15, 0.2) is 0 Å². The summed E-state index contributed by atoms with van der Waals surface area (Å²) in [4.78, 5) is 2.44. The SMILES string of the molecule is Cc1cc(Cc2[c]cc(OCc3ccccc3)cc2OCCN2CCCC2)ccc1CNS(C)(=O)=O. The number of likely N-dealkylation sites (tertiary alicyclic amines) is 1. The van der Waals surface area contributed by atoms with E-state index in [0.717, 1.165) is 59.0 Å². The second-order valence-electron chi connectivity index (χ2n) is 9.38. The molecule has 0 bridgehead atoms. The van der Waals surface area contributed by atoms with Gasteiger partial charge >= 0.3 is 0 Å². The van der Waals surface area contributed by atoms with Crippen LogP contribution in [0, 0.1) is 13.0 Å². The molecule has 1 fully saturated rings. The van der Waals surface area contributed by atoms with Crippen LogP contribution < -0.4 is 14.2 Å². The Morgan fingerprint density at radius 3 is 2.50 bits per heavy atom. The van der Waals surface area contributed by atoms with Crippen molar-refractivity contribution in [2.75, 3.05) is 32.5 Å². The fourth-order valence-corrected chi connectivity index (χ4v) is 4.77. The lowest BCUT2D eigenvalue weighted by atomic mass is 9.99. The number of ether oxygens (including phenoxy) is 2. The van der Waals surface area contributed by atoms with Crippen molar-refractivity contribution in [3.05, 3.63) is 94.5 Å². The summed E-state index contributed by atoms with van der Waals surface area (Å²) in [5.41, 5.74) is 5.21. The Morgan fingerprint density at radius 1 is 1.00 bits per heavy atom. The summed E-state index contributed by atoms with van der Waals surface area (Å²) in [5, 5.41) is 0. The van der Waals surface area contributed by atoms with E-state index < -0.39 is 10.0 Å². The Morgan fingerprint density at radius 2 is 1.78 bits per heavy atom. The van der Waals surface area contributed by atoms with Gasteiger partial charge in [-0.05, 0) is 67.2 Å². The Bertz CT molecular complexity index is 1240. The van der Waals surface area contributed by atoms with E-state index in [1.54, 1.807) is 0 Å². The van der Waals surface area contributed by atoms with Gasteiger partial charge in [-0.25, -0.2) is 13.1 Å². The number of benzene rings is 3. The van der Waals surface area contributed by atoms with Crippen LogP contribution in [0.3, 0.4) is 0 Å². The Balaban J connectivity index is 1.46. The number of sulfonamides is 1. The van der Waals surface area contributed by atoms with Crippen LogP contribution in [0.4, 0.5) is 0 Å². The number of nitrogens with one attached hydrogen (secondary N) is 1. The summed E-state index contributed by atoms with van der Waals surface area (Å²) in [6.07, 6.45) is 4.36. The molecule has 3 aromatic rings. The van der Waals surface area contributed by atoms with Gasteiger partial charge in [0, 0.05) is 31.1 Å². The first-order valence-electron chi connectivity index (χ1n) is 12.5. The number of rotatable bonds is 12. The molecule has 0 aromatic heterocycles. The minimum Gasteiger partial charge on any atom is -0.492 e. The summed E-state index contributed by atoms with van der Waals surface area (Å²) in [5.74, 6) is 1.53. The van der Waals surface area contributed by atoms with Crippen molar-refractivity contribution in [2.45, 2.75) is 39.3 Å². The maximum atomic E-state index is 11.4. The zero-order valence-corrected chi connectivity index (χ0v) is 21.9. The fraction of sp³-hybridized carbons (Fsp3) is 0.379. The highest BCUT2D eigenvalue weighted by atomic mass is 32.2. The first kappa shape index (κ1) is 26.2. The van der Waals surface area contributed by atoms with E-state index in [-0.39, 0.29) is 6.54 Å². The molecule has 1 saturated heterocycles. The highest BCUT2D eigenvalue weighted by Gasteiger charge is 2.13. The summed E-state index contributed by atoms with van der Waals surface area (Å²) in [7, 11) is -3.23. The van der Waals surface area contributed by atoms with Crippen molar-refractivity contribution in [1.82, 2.24) is 9.62 Å². The van der Waals surface area contributed by atoms with E-state index in [4.69, 9.17) is 9.47 Å². The third-order valence-corrected chi connectivity index (χ3v) is 7.05. The van der Waals surface area contributed by atoms with Crippen molar-refractivity contribution in [3.63, 3.8) is 0 Å². The van der Waals surface area contributed by atoms with Gasteiger partial charge in [0.2, 0.25) is 10.0 Å². The molecular formula is C29H35N2O4S.